The number of hydrazine groups is 1. The minimum atomic E-state index is -4.72. The van der Waals surface area contributed by atoms with Crippen LogP contribution in [0.2, 0.25) is 0 Å². The van der Waals surface area contributed by atoms with Gasteiger partial charge in [0.15, 0.2) is 11.5 Å². The maximum atomic E-state index is 12.8. The molecule has 0 radical (unpaired) electrons. The summed E-state index contributed by atoms with van der Waals surface area (Å²) in [5.41, 5.74) is 0.838. The molecular weight excluding hydrogens is 299 g/mol. The van der Waals surface area contributed by atoms with E-state index in [2.05, 4.69) is 15.4 Å². The van der Waals surface area contributed by atoms with Gasteiger partial charge < -0.3 is 0 Å². The van der Waals surface area contributed by atoms with Gasteiger partial charge in [-0.3, -0.25) is 15.2 Å². The first-order valence-electron chi connectivity index (χ1n) is 6.33. The molecule has 0 saturated heterocycles. The topological polar surface area (TPSA) is 81.9 Å². The van der Waals surface area contributed by atoms with Crippen LogP contribution in [0.3, 0.4) is 0 Å². The fourth-order valence-corrected chi connectivity index (χ4v) is 1.61. The molecule has 0 aliphatic rings. The third-order valence-electron chi connectivity index (χ3n) is 2.30. The van der Waals surface area contributed by atoms with Crippen molar-refractivity contribution in [2.24, 2.45) is 5.41 Å². The normalized spacial score (nSPS) is 11.7. The quantitative estimate of drug-likeness (QED) is 0.865. The van der Waals surface area contributed by atoms with E-state index < -0.39 is 23.6 Å². The van der Waals surface area contributed by atoms with Gasteiger partial charge in [-0.25, -0.2) is 4.98 Å². The molecular formula is C13H16F3N5O. The van der Waals surface area contributed by atoms with Gasteiger partial charge in [0.2, 0.25) is 11.7 Å². The average Bonchev–Trinajstić information content (AvgIpc) is 2.34. The SMILES string of the molecule is CC(=O)NN(CC(C)(C)C)c1cc(C(F)(F)F)nc(C#N)n1. The van der Waals surface area contributed by atoms with Crippen LogP contribution in [-0.2, 0) is 11.0 Å². The predicted octanol–water partition coefficient (Wildman–Crippen LogP) is 2.27. The van der Waals surface area contributed by atoms with E-state index in [0.717, 1.165) is 0 Å². The molecule has 0 aliphatic heterocycles. The summed E-state index contributed by atoms with van der Waals surface area (Å²) in [6, 6.07) is 2.19. The molecule has 0 bridgehead atoms. The van der Waals surface area contributed by atoms with Crippen molar-refractivity contribution in [3.63, 3.8) is 0 Å². The highest BCUT2D eigenvalue weighted by molar-refractivity contribution is 5.74. The van der Waals surface area contributed by atoms with Gasteiger partial charge in [-0.05, 0) is 5.41 Å². The summed E-state index contributed by atoms with van der Waals surface area (Å²) in [7, 11) is 0. The van der Waals surface area contributed by atoms with Gasteiger partial charge >= 0.3 is 6.18 Å². The van der Waals surface area contributed by atoms with E-state index in [4.69, 9.17) is 5.26 Å². The van der Waals surface area contributed by atoms with E-state index in [1.54, 1.807) is 0 Å². The lowest BCUT2D eigenvalue weighted by atomic mass is 9.97. The van der Waals surface area contributed by atoms with Gasteiger partial charge in [-0.2, -0.15) is 23.4 Å². The standard InChI is InChI=1S/C13H16F3N5O/c1-8(22)20-21(7-12(2,3)4)11-5-9(13(14,15)16)18-10(6-17)19-11/h5H,7H2,1-4H3,(H,20,22). The van der Waals surface area contributed by atoms with E-state index >= 15 is 0 Å². The summed E-state index contributed by atoms with van der Waals surface area (Å²) in [4.78, 5) is 18.2. The maximum absolute atomic E-state index is 12.8. The number of aromatic nitrogens is 2. The number of carbonyl (C=O) groups is 1. The van der Waals surface area contributed by atoms with E-state index in [0.29, 0.717) is 6.07 Å². The lowest BCUT2D eigenvalue weighted by Gasteiger charge is -2.30. The highest BCUT2D eigenvalue weighted by atomic mass is 19.4. The molecule has 0 atom stereocenters. The van der Waals surface area contributed by atoms with Crippen LogP contribution in [0.5, 0.6) is 0 Å². The predicted molar refractivity (Wildman–Crippen MR) is 72.4 cm³/mol. The number of alkyl halides is 3. The number of hydrogen-bond acceptors (Lipinski definition) is 5. The third kappa shape index (κ3) is 5.20. The number of carbonyl (C=O) groups excluding carboxylic acids is 1. The van der Waals surface area contributed by atoms with Gasteiger partial charge in [0, 0.05) is 19.5 Å². The number of anilines is 1. The smallest absolute Gasteiger partial charge is 0.274 e. The Labute approximate surface area is 125 Å². The van der Waals surface area contributed by atoms with Crippen molar-refractivity contribution in [2.45, 2.75) is 33.9 Å². The Balaban J connectivity index is 3.34. The average molecular weight is 315 g/mol. The highest BCUT2D eigenvalue weighted by Gasteiger charge is 2.34. The number of nitrogens with one attached hydrogen (secondary N) is 1. The fourth-order valence-electron chi connectivity index (χ4n) is 1.61. The molecule has 1 amide bonds. The number of amides is 1. The lowest BCUT2D eigenvalue weighted by Crippen LogP contribution is -2.46. The van der Waals surface area contributed by atoms with Crippen LogP contribution >= 0.6 is 0 Å². The molecule has 1 aromatic heterocycles. The first-order chi connectivity index (χ1) is 9.92. The summed E-state index contributed by atoms with van der Waals surface area (Å²) in [5.74, 6) is -1.27. The molecule has 9 heteroatoms. The van der Waals surface area contributed by atoms with Crippen LogP contribution in [0.25, 0.3) is 0 Å². The molecule has 0 spiro atoms. The number of rotatable bonds is 3. The molecule has 1 heterocycles. The first-order valence-corrected chi connectivity index (χ1v) is 6.33. The van der Waals surface area contributed by atoms with Crippen LogP contribution in [0, 0.1) is 16.7 Å². The van der Waals surface area contributed by atoms with Crippen molar-refractivity contribution < 1.29 is 18.0 Å². The Kier molecular flexibility index (Phi) is 4.96. The summed E-state index contributed by atoms with van der Waals surface area (Å²) in [6.07, 6.45) is -4.72. The summed E-state index contributed by atoms with van der Waals surface area (Å²) >= 11 is 0. The van der Waals surface area contributed by atoms with Gasteiger partial charge in [-0.1, -0.05) is 20.8 Å². The Morgan fingerprint density at radius 3 is 2.36 bits per heavy atom. The molecule has 0 aromatic carbocycles. The van der Waals surface area contributed by atoms with Crippen LogP contribution in [0.15, 0.2) is 6.07 Å². The van der Waals surface area contributed by atoms with Crippen molar-refractivity contribution >= 4 is 11.7 Å². The van der Waals surface area contributed by atoms with Crippen molar-refractivity contribution in [3.05, 3.63) is 17.6 Å². The zero-order chi connectivity index (χ0) is 17.1. The molecule has 0 fully saturated rings. The summed E-state index contributed by atoms with van der Waals surface area (Å²) in [5, 5.41) is 9.98. The maximum Gasteiger partial charge on any atom is 0.433 e. The monoisotopic (exact) mass is 315 g/mol. The minimum Gasteiger partial charge on any atom is -0.274 e. The second-order valence-electron chi connectivity index (χ2n) is 5.86. The molecule has 0 saturated carbocycles. The Morgan fingerprint density at radius 1 is 1.36 bits per heavy atom. The Hall–Kier alpha value is -2.37. The molecule has 0 unspecified atom stereocenters. The van der Waals surface area contributed by atoms with Gasteiger partial charge in [0.05, 0.1) is 0 Å². The van der Waals surface area contributed by atoms with E-state index in [1.807, 2.05) is 20.8 Å². The molecule has 120 valence electrons. The van der Waals surface area contributed by atoms with Crippen LogP contribution in [0.1, 0.15) is 39.2 Å². The van der Waals surface area contributed by atoms with Crippen molar-refractivity contribution in [1.82, 2.24) is 15.4 Å². The van der Waals surface area contributed by atoms with E-state index in [1.165, 1.54) is 18.0 Å². The second-order valence-corrected chi connectivity index (χ2v) is 5.86. The summed E-state index contributed by atoms with van der Waals surface area (Å²) in [6.45, 7) is 6.97. The molecule has 1 rings (SSSR count). The number of hydrogen-bond donors (Lipinski definition) is 1. The molecule has 22 heavy (non-hydrogen) atoms. The summed E-state index contributed by atoms with van der Waals surface area (Å²) < 4.78 is 38.5. The number of nitriles is 1. The van der Waals surface area contributed by atoms with Crippen LogP contribution in [0.4, 0.5) is 19.0 Å². The molecule has 6 nitrogen and oxygen atoms in total. The van der Waals surface area contributed by atoms with Crippen LogP contribution < -0.4 is 10.4 Å². The Bertz CT molecular complexity index is 601. The van der Waals surface area contributed by atoms with Crippen LogP contribution in [-0.4, -0.2) is 22.4 Å². The largest absolute Gasteiger partial charge is 0.433 e. The Morgan fingerprint density at radius 2 is 1.95 bits per heavy atom. The highest BCUT2D eigenvalue weighted by Crippen LogP contribution is 2.30. The zero-order valence-corrected chi connectivity index (χ0v) is 12.6. The fraction of sp³-hybridized carbons (Fsp3) is 0.538. The molecule has 1 aromatic rings. The van der Waals surface area contributed by atoms with Crippen molar-refractivity contribution in [3.8, 4) is 6.07 Å². The van der Waals surface area contributed by atoms with Gasteiger partial charge in [0.1, 0.15) is 6.07 Å². The van der Waals surface area contributed by atoms with Gasteiger partial charge in [0.25, 0.3) is 0 Å². The van der Waals surface area contributed by atoms with E-state index in [-0.39, 0.29) is 17.8 Å². The zero-order valence-electron chi connectivity index (χ0n) is 12.6. The number of nitrogens with zero attached hydrogens (tertiary/aromatic N) is 4. The lowest BCUT2D eigenvalue weighted by molar-refractivity contribution is -0.141. The second kappa shape index (κ2) is 6.17. The van der Waals surface area contributed by atoms with Crippen molar-refractivity contribution in [1.29, 1.82) is 5.26 Å². The first kappa shape index (κ1) is 17.7. The third-order valence-corrected chi connectivity index (χ3v) is 2.30. The number of halogens is 3. The van der Waals surface area contributed by atoms with E-state index in [9.17, 15) is 18.0 Å². The minimum absolute atomic E-state index is 0.191. The van der Waals surface area contributed by atoms with Crippen molar-refractivity contribution in [2.75, 3.05) is 11.6 Å². The molecule has 0 aliphatic carbocycles. The molecule has 1 N–H and O–H groups in total. The van der Waals surface area contributed by atoms with Gasteiger partial charge in [-0.15, -0.1) is 0 Å².